The second-order valence-corrected chi connectivity index (χ2v) is 2.45. The van der Waals surface area contributed by atoms with Crippen LogP contribution < -0.4 is 10.8 Å². The van der Waals surface area contributed by atoms with Gasteiger partial charge in [-0.25, -0.2) is 0 Å². The first-order chi connectivity index (χ1) is 5.59. The van der Waals surface area contributed by atoms with Crippen LogP contribution in [0.5, 0.6) is 5.75 Å². The average molecular weight is 161 g/mol. The highest BCUT2D eigenvalue weighted by Gasteiger charge is 1.98. The maximum absolute atomic E-state index is 10.6. The lowest BCUT2D eigenvalue weighted by atomic mass is 9.94. The zero-order chi connectivity index (χ0) is 9.14. The van der Waals surface area contributed by atoms with Gasteiger partial charge in [-0.15, -0.1) is 0 Å². The van der Waals surface area contributed by atoms with Crippen LogP contribution in [0.3, 0.4) is 0 Å². The number of hydrogen-bond donors (Lipinski definition) is 2. The molecule has 0 spiro atoms. The summed E-state index contributed by atoms with van der Waals surface area (Å²) in [6.45, 7) is 1.41. The SMILES string of the molecule is [B]c1cc(NC(C)=O)ccc1O. The minimum absolute atomic E-state index is 0.0177. The Kier molecular flexibility index (Phi) is 2.38. The van der Waals surface area contributed by atoms with E-state index in [1.807, 2.05) is 0 Å². The molecule has 2 radical (unpaired) electrons. The highest BCUT2D eigenvalue weighted by atomic mass is 16.3. The van der Waals surface area contributed by atoms with Crippen LogP contribution in [0.25, 0.3) is 0 Å². The Labute approximate surface area is 71.8 Å². The second kappa shape index (κ2) is 3.30. The van der Waals surface area contributed by atoms with Crippen LogP contribution in [0, 0.1) is 0 Å². The molecule has 0 aromatic heterocycles. The Morgan fingerprint density at radius 2 is 2.25 bits per heavy atom. The zero-order valence-corrected chi connectivity index (χ0v) is 6.66. The molecule has 0 saturated heterocycles. The first kappa shape index (κ1) is 8.65. The van der Waals surface area contributed by atoms with Crippen LogP contribution in [0.4, 0.5) is 5.69 Å². The molecular weight excluding hydrogens is 153 g/mol. The molecule has 0 aliphatic rings. The van der Waals surface area contributed by atoms with Crippen molar-refractivity contribution in [3.63, 3.8) is 0 Å². The van der Waals surface area contributed by atoms with E-state index in [4.69, 9.17) is 13.0 Å². The van der Waals surface area contributed by atoms with E-state index in [-0.39, 0.29) is 17.1 Å². The molecular formula is C8H8BNO2. The largest absolute Gasteiger partial charge is 0.509 e. The minimum Gasteiger partial charge on any atom is -0.509 e. The van der Waals surface area contributed by atoms with Gasteiger partial charge in [0.2, 0.25) is 5.91 Å². The quantitative estimate of drug-likeness (QED) is 0.454. The van der Waals surface area contributed by atoms with E-state index in [9.17, 15) is 4.79 Å². The predicted molar refractivity (Wildman–Crippen MR) is 47.8 cm³/mol. The summed E-state index contributed by atoms with van der Waals surface area (Å²) in [7, 11) is 5.40. The van der Waals surface area contributed by atoms with Crippen molar-refractivity contribution in [2.45, 2.75) is 6.92 Å². The first-order valence-electron chi connectivity index (χ1n) is 3.45. The molecule has 0 bridgehead atoms. The van der Waals surface area contributed by atoms with Crippen molar-refractivity contribution in [1.82, 2.24) is 0 Å². The van der Waals surface area contributed by atoms with Crippen molar-refractivity contribution in [1.29, 1.82) is 0 Å². The Morgan fingerprint density at radius 3 is 2.75 bits per heavy atom. The van der Waals surface area contributed by atoms with Gasteiger partial charge < -0.3 is 10.4 Å². The molecule has 0 fully saturated rings. The highest BCUT2D eigenvalue weighted by Crippen LogP contribution is 2.10. The molecule has 1 aromatic rings. The highest BCUT2D eigenvalue weighted by molar-refractivity contribution is 6.34. The third-order valence-corrected chi connectivity index (χ3v) is 1.35. The summed E-state index contributed by atoms with van der Waals surface area (Å²) in [6, 6.07) is 4.50. The number of amides is 1. The van der Waals surface area contributed by atoms with E-state index >= 15 is 0 Å². The van der Waals surface area contributed by atoms with Crippen molar-refractivity contribution in [2.24, 2.45) is 0 Å². The topological polar surface area (TPSA) is 49.3 Å². The molecule has 1 amide bonds. The van der Waals surface area contributed by atoms with Gasteiger partial charge >= 0.3 is 0 Å². The summed E-state index contributed by atoms with van der Waals surface area (Å²) in [6.07, 6.45) is 0. The normalized spacial score (nSPS) is 9.42. The first-order valence-corrected chi connectivity index (χ1v) is 3.45. The zero-order valence-electron chi connectivity index (χ0n) is 6.66. The van der Waals surface area contributed by atoms with Gasteiger partial charge in [-0.3, -0.25) is 4.79 Å². The summed E-state index contributed by atoms with van der Waals surface area (Å²) in [5.41, 5.74) is 0.832. The molecule has 0 heterocycles. The Balaban J connectivity index is 2.89. The maximum Gasteiger partial charge on any atom is 0.221 e. The number of anilines is 1. The van der Waals surface area contributed by atoms with Gasteiger partial charge in [0.25, 0.3) is 0 Å². The molecule has 0 aliphatic carbocycles. The monoisotopic (exact) mass is 161 g/mol. The molecule has 2 N–H and O–H groups in total. The number of hydrogen-bond acceptors (Lipinski definition) is 2. The summed E-state index contributed by atoms with van der Waals surface area (Å²) in [4.78, 5) is 10.6. The number of aromatic hydroxyl groups is 1. The van der Waals surface area contributed by atoms with Crippen LogP contribution in [0.2, 0.25) is 0 Å². The van der Waals surface area contributed by atoms with Crippen molar-refractivity contribution >= 4 is 24.9 Å². The Hall–Kier alpha value is -1.45. The maximum atomic E-state index is 10.6. The van der Waals surface area contributed by atoms with Gasteiger partial charge in [0.15, 0.2) is 0 Å². The van der Waals surface area contributed by atoms with Gasteiger partial charge in [-0.05, 0) is 18.2 Å². The van der Waals surface area contributed by atoms with Crippen molar-refractivity contribution in [3.8, 4) is 5.75 Å². The third-order valence-electron chi connectivity index (χ3n) is 1.35. The van der Waals surface area contributed by atoms with Crippen LogP contribution in [0.15, 0.2) is 18.2 Å². The molecule has 0 atom stereocenters. The van der Waals surface area contributed by atoms with Crippen LogP contribution in [-0.4, -0.2) is 18.9 Å². The molecule has 0 unspecified atom stereocenters. The van der Waals surface area contributed by atoms with Crippen molar-refractivity contribution in [3.05, 3.63) is 18.2 Å². The Bertz CT molecular complexity index is 312. The molecule has 0 saturated carbocycles. The summed E-state index contributed by atoms with van der Waals surface area (Å²) < 4.78 is 0. The fraction of sp³-hybridized carbons (Fsp3) is 0.125. The van der Waals surface area contributed by atoms with E-state index in [1.54, 1.807) is 6.07 Å². The molecule has 3 nitrogen and oxygen atoms in total. The fourth-order valence-electron chi connectivity index (χ4n) is 0.836. The van der Waals surface area contributed by atoms with Gasteiger partial charge in [-0.1, -0.05) is 5.46 Å². The number of benzene rings is 1. The van der Waals surface area contributed by atoms with E-state index < -0.39 is 0 Å². The summed E-state index contributed by atoms with van der Waals surface area (Å²) in [5, 5.41) is 11.6. The van der Waals surface area contributed by atoms with Crippen LogP contribution in [-0.2, 0) is 4.79 Å². The number of nitrogens with one attached hydrogen (secondary N) is 1. The Morgan fingerprint density at radius 1 is 1.58 bits per heavy atom. The molecule has 1 rings (SSSR count). The van der Waals surface area contributed by atoms with Gasteiger partial charge in [-0.2, -0.15) is 0 Å². The molecule has 4 heteroatoms. The van der Waals surface area contributed by atoms with Gasteiger partial charge in [0.1, 0.15) is 13.6 Å². The third kappa shape index (κ3) is 2.02. The number of rotatable bonds is 1. The lowest BCUT2D eigenvalue weighted by Gasteiger charge is -2.04. The molecule has 0 aliphatic heterocycles. The number of phenols is 1. The predicted octanol–water partition coefficient (Wildman–Crippen LogP) is 0.144. The van der Waals surface area contributed by atoms with Gasteiger partial charge in [0.05, 0.1) is 0 Å². The minimum atomic E-state index is -0.167. The van der Waals surface area contributed by atoms with E-state index in [1.165, 1.54) is 19.1 Å². The fourth-order valence-corrected chi connectivity index (χ4v) is 0.836. The lowest BCUT2D eigenvalue weighted by molar-refractivity contribution is -0.114. The van der Waals surface area contributed by atoms with Crippen molar-refractivity contribution in [2.75, 3.05) is 5.32 Å². The van der Waals surface area contributed by atoms with E-state index in [0.717, 1.165) is 0 Å². The number of phenolic OH excluding ortho intramolecular Hbond substituents is 1. The molecule has 60 valence electrons. The van der Waals surface area contributed by atoms with Crippen LogP contribution >= 0.6 is 0 Å². The smallest absolute Gasteiger partial charge is 0.221 e. The molecule has 1 aromatic carbocycles. The van der Waals surface area contributed by atoms with E-state index in [2.05, 4.69) is 5.32 Å². The van der Waals surface area contributed by atoms with Gasteiger partial charge in [0, 0.05) is 12.6 Å². The summed E-state index contributed by atoms with van der Waals surface area (Å²) in [5.74, 6) is -0.149. The number of carbonyl (C=O) groups excluding carboxylic acids is 1. The number of carbonyl (C=O) groups is 1. The van der Waals surface area contributed by atoms with Crippen molar-refractivity contribution < 1.29 is 9.90 Å². The van der Waals surface area contributed by atoms with Crippen LogP contribution in [0.1, 0.15) is 6.92 Å². The lowest BCUT2D eigenvalue weighted by Crippen LogP contribution is -2.09. The average Bonchev–Trinajstić information content (AvgIpc) is 1.96. The standard InChI is InChI=1S/C8H8BNO2/c1-5(11)10-6-2-3-8(12)7(9)4-6/h2-4,12H,1H3,(H,10,11). The summed E-state index contributed by atoms with van der Waals surface area (Å²) >= 11 is 0. The second-order valence-electron chi connectivity index (χ2n) is 2.45. The van der Waals surface area contributed by atoms with E-state index in [0.29, 0.717) is 5.69 Å². The molecule has 12 heavy (non-hydrogen) atoms.